The first kappa shape index (κ1) is 17.0. The third-order valence-corrected chi connectivity index (χ3v) is 4.17. The highest BCUT2D eigenvalue weighted by Crippen LogP contribution is 2.15. The van der Waals surface area contributed by atoms with Crippen LogP contribution in [0.2, 0.25) is 0 Å². The number of thiazole rings is 1. The number of hydroxylamine groups is 1. The lowest BCUT2D eigenvalue weighted by molar-refractivity contribution is 0.0224. The molecule has 3 aromatic rings. The number of amides is 1. The molecule has 0 saturated heterocycles. The molecule has 0 unspecified atom stereocenters. The van der Waals surface area contributed by atoms with Gasteiger partial charge in [0.05, 0.1) is 28.1 Å². The van der Waals surface area contributed by atoms with E-state index in [0.29, 0.717) is 17.8 Å². The van der Waals surface area contributed by atoms with Gasteiger partial charge < -0.3 is 5.32 Å². The summed E-state index contributed by atoms with van der Waals surface area (Å²) < 4.78 is 0. The Kier molecular flexibility index (Phi) is 5.65. The summed E-state index contributed by atoms with van der Waals surface area (Å²) in [6.07, 6.45) is 6.63. The Balaban J connectivity index is 1.58. The number of hydrogen-bond acceptors (Lipinski definition) is 7. The van der Waals surface area contributed by atoms with Crippen LogP contribution in [0.4, 0.5) is 5.69 Å². The predicted molar refractivity (Wildman–Crippen MR) is 94.9 cm³/mol. The number of hydrogen-bond donors (Lipinski definition) is 2. The van der Waals surface area contributed by atoms with Gasteiger partial charge in [-0.1, -0.05) is 0 Å². The van der Waals surface area contributed by atoms with Crippen molar-refractivity contribution >= 4 is 22.9 Å². The first-order chi connectivity index (χ1) is 12.2. The number of nitrogens with one attached hydrogen (secondary N) is 2. The molecule has 0 aliphatic rings. The van der Waals surface area contributed by atoms with Crippen LogP contribution in [0.5, 0.6) is 0 Å². The number of carbonyl (C=O) groups excluding carboxylic acids is 1. The van der Waals surface area contributed by atoms with Crippen LogP contribution in [-0.4, -0.2) is 20.9 Å². The van der Waals surface area contributed by atoms with Crippen molar-refractivity contribution in [1.82, 2.24) is 20.4 Å². The zero-order chi connectivity index (χ0) is 17.5. The van der Waals surface area contributed by atoms with Crippen molar-refractivity contribution in [1.29, 1.82) is 0 Å². The average Bonchev–Trinajstić information content (AvgIpc) is 3.06. The molecule has 8 heteroatoms. The van der Waals surface area contributed by atoms with Gasteiger partial charge >= 0.3 is 0 Å². The minimum atomic E-state index is -0.341. The van der Waals surface area contributed by atoms with E-state index in [-0.39, 0.29) is 12.5 Å². The van der Waals surface area contributed by atoms with E-state index in [4.69, 9.17) is 4.84 Å². The minimum Gasteiger partial charge on any atom is -0.379 e. The molecule has 0 bridgehead atoms. The molecule has 25 heavy (non-hydrogen) atoms. The summed E-state index contributed by atoms with van der Waals surface area (Å²) in [5, 5.41) is 6.06. The van der Waals surface area contributed by atoms with Crippen molar-refractivity contribution < 1.29 is 9.63 Å². The fourth-order valence-electron chi connectivity index (χ4n) is 2.14. The molecule has 0 spiro atoms. The van der Waals surface area contributed by atoms with Gasteiger partial charge in [-0.2, -0.15) is 0 Å². The molecule has 7 nitrogen and oxygen atoms in total. The van der Waals surface area contributed by atoms with Crippen LogP contribution in [0, 0.1) is 6.92 Å². The van der Waals surface area contributed by atoms with Crippen LogP contribution >= 0.6 is 11.3 Å². The van der Waals surface area contributed by atoms with Crippen LogP contribution in [0.15, 0.2) is 48.4 Å². The summed E-state index contributed by atoms with van der Waals surface area (Å²) in [4.78, 5) is 29.9. The Hall–Kier alpha value is -2.84. The average molecular weight is 355 g/mol. The van der Waals surface area contributed by atoms with Crippen LogP contribution in [0.1, 0.15) is 26.6 Å². The van der Waals surface area contributed by atoms with Gasteiger partial charge in [0.1, 0.15) is 6.61 Å². The first-order valence-electron chi connectivity index (χ1n) is 7.62. The normalized spacial score (nSPS) is 10.4. The molecule has 0 saturated carbocycles. The van der Waals surface area contributed by atoms with Gasteiger partial charge in [0, 0.05) is 30.5 Å². The Morgan fingerprint density at radius 3 is 2.76 bits per heavy atom. The summed E-state index contributed by atoms with van der Waals surface area (Å²) in [5.41, 5.74) is 5.37. The number of carbonyl (C=O) groups is 1. The molecule has 0 radical (unpaired) electrons. The maximum Gasteiger partial charge on any atom is 0.277 e. The topological polar surface area (TPSA) is 89.0 Å². The third-order valence-electron chi connectivity index (χ3n) is 3.35. The third kappa shape index (κ3) is 4.82. The number of rotatable bonds is 7. The van der Waals surface area contributed by atoms with Gasteiger partial charge in [-0.3, -0.25) is 19.6 Å². The Bertz CT molecular complexity index is 838. The van der Waals surface area contributed by atoms with Gasteiger partial charge in [-0.05, 0) is 30.7 Å². The Labute approximate surface area is 149 Å². The van der Waals surface area contributed by atoms with E-state index in [1.807, 2.05) is 24.4 Å². The quantitative estimate of drug-likeness (QED) is 0.634. The van der Waals surface area contributed by atoms with Gasteiger partial charge in [0.2, 0.25) is 0 Å². The Morgan fingerprint density at radius 2 is 2.00 bits per heavy atom. The summed E-state index contributed by atoms with van der Waals surface area (Å²) in [6.45, 7) is 2.71. The monoisotopic (exact) mass is 355 g/mol. The fourth-order valence-corrected chi connectivity index (χ4v) is 2.73. The van der Waals surface area contributed by atoms with E-state index in [0.717, 1.165) is 16.3 Å². The highest BCUT2D eigenvalue weighted by Gasteiger charge is 2.12. The maximum atomic E-state index is 12.3. The van der Waals surface area contributed by atoms with E-state index >= 15 is 0 Å². The molecular formula is C17H17N5O2S. The summed E-state index contributed by atoms with van der Waals surface area (Å²) >= 11 is 1.54. The number of aryl methyl sites for hydroxylation is 1. The lowest BCUT2D eigenvalue weighted by atomic mass is 10.2. The lowest BCUT2D eigenvalue weighted by Crippen LogP contribution is -2.24. The summed E-state index contributed by atoms with van der Waals surface area (Å²) in [6, 6.07) is 5.45. The van der Waals surface area contributed by atoms with Crippen molar-refractivity contribution in [2.24, 2.45) is 0 Å². The smallest absolute Gasteiger partial charge is 0.277 e. The van der Waals surface area contributed by atoms with Crippen LogP contribution in [0.25, 0.3) is 0 Å². The zero-order valence-corrected chi connectivity index (χ0v) is 14.4. The van der Waals surface area contributed by atoms with E-state index in [9.17, 15) is 4.79 Å². The van der Waals surface area contributed by atoms with Crippen LogP contribution in [0.3, 0.4) is 0 Å². The highest BCUT2D eigenvalue weighted by atomic mass is 32.1. The van der Waals surface area contributed by atoms with E-state index in [1.54, 1.807) is 42.2 Å². The second-order valence-corrected chi connectivity index (χ2v) is 6.27. The van der Waals surface area contributed by atoms with E-state index in [1.165, 1.54) is 0 Å². The molecular weight excluding hydrogens is 338 g/mol. The zero-order valence-electron chi connectivity index (χ0n) is 13.6. The maximum absolute atomic E-state index is 12.3. The van der Waals surface area contributed by atoms with Crippen molar-refractivity contribution in [3.8, 4) is 0 Å². The minimum absolute atomic E-state index is 0.223. The van der Waals surface area contributed by atoms with Crippen molar-refractivity contribution in [2.75, 3.05) is 5.32 Å². The van der Waals surface area contributed by atoms with E-state index in [2.05, 4.69) is 25.7 Å². The molecule has 0 aromatic carbocycles. The number of aromatic nitrogens is 3. The van der Waals surface area contributed by atoms with Gasteiger partial charge in [-0.25, -0.2) is 10.5 Å². The highest BCUT2D eigenvalue weighted by molar-refractivity contribution is 7.09. The molecule has 3 heterocycles. The van der Waals surface area contributed by atoms with Gasteiger partial charge in [0.15, 0.2) is 0 Å². The molecule has 0 atom stereocenters. The van der Waals surface area contributed by atoms with Crippen LogP contribution < -0.4 is 10.8 Å². The molecule has 1 amide bonds. The Morgan fingerprint density at radius 1 is 1.20 bits per heavy atom. The summed E-state index contributed by atoms with van der Waals surface area (Å²) in [7, 11) is 0. The fraction of sp³-hybridized carbons (Fsp3) is 0.176. The number of pyridine rings is 2. The molecule has 0 fully saturated rings. The molecule has 128 valence electrons. The summed E-state index contributed by atoms with van der Waals surface area (Å²) in [5.74, 6) is -0.341. The first-order valence-corrected chi connectivity index (χ1v) is 8.50. The lowest BCUT2D eigenvalue weighted by Gasteiger charge is -2.11. The molecule has 2 N–H and O–H groups in total. The predicted octanol–water partition coefficient (Wildman–Crippen LogP) is 2.72. The van der Waals surface area contributed by atoms with Crippen molar-refractivity contribution in [3.05, 3.63) is 70.2 Å². The van der Waals surface area contributed by atoms with Gasteiger partial charge in [-0.15, -0.1) is 11.3 Å². The molecule has 3 aromatic heterocycles. The second-order valence-electron chi connectivity index (χ2n) is 5.21. The molecule has 3 rings (SSSR count). The second kappa shape index (κ2) is 8.32. The molecule has 0 aliphatic carbocycles. The van der Waals surface area contributed by atoms with Crippen molar-refractivity contribution in [2.45, 2.75) is 20.1 Å². The SMILES string of the molecule is Cc1nc(CONC(=O)c2ccncc2NCc2ccncc2)cs1. The van der Waals surface area contributed by atoms with E-state index < -0.39 is 0 Å². The van der Waals surface area contributed by atoms with Gasteiger partial charge in [0.25, 0.3) is 5.91 Å². The standard InChI is InChI=1S/C17H17N5O2S/c1-12-21-14(11-25-12)10-24-22-17(23)15-4-7-19-9-16(15)20-8-13-2-5-18-6-3-13/h2-7,9,11,20H,8,10H2,1H3,(H,22,23). The van der Waals surface area contributed by atoms with Crippen LogP contribution in [-0.2, 0) is 18.0 Å². The molecule has 0 aliphatic heterocycles. The number of anilines is 1. The van der Waals surface area contributed by atoms with Crippen molar-refractivity contribution in [3.63, 3.8) is 0 Å². The number of nitrogens with zero attached hydrogens (tertiary/aromatic N) is 3. The largest absolute Gasteiger partial charge is 0.379 e.